The van der Waals surface area contributed by atoms with Crippen LogP contribution >= 0.6 is 0 Å². The Morgan fingerprint density at radius 2 is 2.30 bits per heavy atom. The molecule has 1 aromatic heterocycles. The van der Waals surface area contributed by atoms with Gasteiger partial charge in [0.2, 0.25) is 0 Å². The highest BCUT2D eigenvalue weighted by Gasteiger charge is 2.15. The average molecular weight is 138 g/mol. The summed E-state index contributed by atoms with van der Waals surface area (Å²) >= 11 is 0. The number of rotatable bonds is 1. The summed E-state index contributed by atoms with van der Waals surface area (Å²) in [4.78, 5) is 3.86. The molecule has 0 saturated carbocycles. The van der Waals surface area contributed by atoms with E-state index in [4.69, 9.17) is 1.37 Å². The molecule has 0 aliphatic rings. The fourth-order valence-electron chi connectivity index (χ4n) is 0.667. The Labute approximate surface area is 61.9 Å². The second kappa shape index (κ2) is 2.39. The van der Waals surface area contributed by atoms with Crippen molar-refractivity contribution in [3.05, 3.63) is 30.1 Å². The Hall–Kier alpha value is -0.890. The van der Waals surface area contributed by atoms with E-state index < -0.39 is 5.60 Å². The maximum Gasteiger partial charge on any atom is 0.101 e. The fourth-order valence-corrected chi connectivity index (χ4v) is 0.667. The van der Waals surface area contributed by atoms with Gasteiger partial charge in [0.15, 0.2) is 0 Å². The minimum absolute atomic E-state index is 0.185. The summed E-state index contributed by atoms with van der Waals surface area (Å²) < 4.78 is 7.19. The highest BCUT2D eigenvalue weighted by atomic mass is 16.3. The monoisotopic (exact) mass is 138 g/mol. The van der Waals surface area contributed by atoms with E-state index >= 15 is 0 Å². The molecule has 0 fully saturated rings. The molecule has 1 N–H and O–H groups in total. The minimum Gasteiger partial charge on any atom is -0.384 e. The van der Waals surface area contributed by atoms with Crippen molar-refractivity contribution in [2.24, 2.45) is 0 Å². The lowest BCUT2D eigenvalue weighted by molar-refractivity contribution is 0.0738. The quantitative estimate of drug-likeness (QED) is 0.634. The fraction of sp³-hybridized carbons (Fsp3) is 0.375. The summed E-state index contributed by atoms with van der Waals surface area (Å²) in [6, 6.07) is 5.00. The molecule has 0 radical (unpaired) electrons. The summed E-state index contributed by atoms with van der Waals surface area (Å²) in [5, 5.41) is 9.47. The molecule has 0 aliphatic carbocycles. The largest absolute Gasteiger partial charge is 0.384 e. The predicted octanol–water partition coefficient (Wildman–Crippen LogP) is 1.31. The van der Waals surface area contributed by atoms with Crippen molar-refractivity contribution in [2.75, 3.05) is 0 Å². The molecular formula is C8H11NO. The van der Waals surface area contributed by atoms with Gasteiger partial charge in [-0.25, -0.2) is 0 Å². The molecule has 1 rings (SSSR count). The average Bonchev–Trinajstić information content (AvgIpc) is 1.86. The second-order valence-electron chi connectivity index (χ2n) is 2.71. The molecule has 0 spiro atoms. The Kier molecular flexibility index (Phi) is 1.40. The van der Waals surface area contributed by atoms with Gasteiger partial charge in [0, 0.05) is 6.17 Å². The lowest BCUT2D eigenvalue weighted by Crippen LogP contribution is -2.16. The smallest absolute Gasteiger partial charge is 0.101 e. The van der Waals surface area contributed by atoms with Crippen LogP contribution in [-0.2, 0) is 5.60 Å². The molecule has 10 heavy (non-hydrogen) atoms. The maximum absolute atomic E-state index is 9.47. The summed E-state index contributed by atoms with van der Waals surface area (Å²) in [5.41, 5.74) is -0.415. The molecular weight excluding hydrogens is 126 g/mol. The van der Waals surface area contributed by atoms with Gasteiger partial charge in [-0.2, -0.15) is 0 Å². The first-order valence-corrected chi connectivity index (χ1v) is 3.16. The van der Waals surface area contributed by atoms with Crippen LogP contribution in [-0.4, -0.2) is 10.1 Å². The first-order valence-electron chi connectivity index (χ1n) is 3.66. The van der Waals surface area contributed by atoms with Crippen LogP contribution in [0.1, 0.15) is 20.9 Å². The maximum atomic E-state index is 9.47. The normalized spacial score (nSPS) is 12.9. The molecule has 1 heterocycles. The molecule has 54 valence electrons. The number of pyridine rings is 1. The molecule has 0 atom stereocenters. The lowest BCUT2D eigenvalue weighted by Gasteiger charge is -2.15. The standard InChI is InChI=1S/C8H11NO/c1-8(2,10)7-5-3-4-6-9-7/h3-6,10H,1-2H3/i6D. The van der Waals surface area contributed by atoms with Crippen molar-refractivity contribution in [3.63, 3.8) is 0 Å². The van der Waals surface area contributed by atoms with E-state index in [0.717, 1.165) is 0 Å². The van der Waals surface area contributed by atoms with Crippen molar-refractivity contribution in [1.29, 1.82) is 0 Å². The van der Waals surface area contributed by atoms with Crippen molar-refractivity contribution < 1.29 is 6.48 Å². The second-order valence-corrected chi connectivity index (χ2v) is 2.71. The zero-order valence-corrected chi connectivity index (χ0v) is 6.13. The van der Waals surface area contributed by atoms with Crippen LogP contribution in [0.25, 0.3) is 0 Å². The van der Waals surface area contributed by atoms with Gasteiger partial charge in [0.1, 0.15) is 5.60 Å². The third-order valence-electron chi connectivity index (χ3n) is 1.24. The Balaban J connectivity index is 3.06. The van der Waals surface area contributed by atoms with Crippen molar-refractivity contribution in [2.45, 2.75) is 19.4 Å². The summed E-state index contributed by atoms with van der Waals surface area (Å²) in [5.74, 6) is 0. The topological polar surface area (TPSA) is 33.1 Å². The number of nitrogens with zero attached hydrogens (tertiary/aromatic N) is 1. The van der Waals surface area contributed by atoms with Gasteiger partial charge >= 0.3 is 0 Å². The van der Waals surface area contributed by atoms with E-state index in [2.05, 4.69) is 4.98 Å². The van der Waals surface area contributed by atoms with Crippen molar-refractivity contribution in [3.8, 4) is 0 Å². The van der Waals surface area contributed by atoms with Crippen LogP contribution in [0.5, 0.6) is 0 Å². The molecule has 0 bridgehead atoms. The molecule has 0 saturated heterocycles. The number of hydrogen-bond acceptors (Lipinski definition) is 2. The SMILES string of the molecule is [2H]c1cccc(C(C)(C)O)n1. The van der Waals surface area contributed by atoms with E-state index in [0.29, 0.717) is 5.69 Å². The Bertz CT molecular complexity index is 255. The summed E-state index contributed by atoms with van der Waals surface area (Å²) in [6.45, 7) is 3.30. The minimum atomic E-state index is -0.947. The van der Waals surface area contributed by atoms with Gasteiger partial charge in [0.05, 0.1) is 7.06 Å². The number of aromatic nitrogens is 1. The van der Waals surface area contributed by atoms with E-state index in [1.165, 1.54) is 0 Å². The number of hydrogen-bond donors (Lipinski definition) is 1. The van der Waals surface area contributed by atoms with Gasteiger partial charge in [-0.3, -0.25) is 4.98 Å². The van der Waals surface area contributed by atoms with Gasteiger partial charge in [0.25, 0.3) is 0 Å². The van der Waals surface area contributed by atoms with Crippen LogP contribution in [0.15, 0.2) is 24.4 Å². The van der Waals surface area contributed by atoms with Crippen LogP contribution in [0, 0.1) is 0 Å². The molecule has 2 nitrogen and oxygen atoms in total. The van der Waals surface area contributed by atoms with Crippen LogP contribution in [0.3, 0.4) is 0 Å². The highest BCUT2D eigenvalue weighted by molar-refractivity contribution is 5.09. The van der Waals surface area contributed by atoms with Crippen LogP contribution in [0.4, 0.5) is 0 Å². The molecule has 0 aromatic carbocycles. The molecule has 2 heteroatoms. The summed E-state index contributed by atoms with van der Waals surface area (Å²) in [6.07, 6.45) is 0.185. The molecule has 1 aromatic rings. The third kappa shape index (κ3) is 1.54. The van der Waals surface area contributed by atoms with Crippen molar-refractivity contribution >= 4 is 0 Å². The predicted molar refractivity (Wildman–Crippen MR) is 39.5 cm³/mol. The lowest BCUT2D eigenvalue weighted by atomic mass is 10.1. The zero-order chi connectivity index (χ0) is 8.48. The van der Waals surface area contributed by atoms with Crippen LogP contribution in [0.2, 0.25) is 0 Å². The summed E-state index contributed by atoms with van der Waals surface area (Å²) in [7, 11) is 0. The highest BCUT2D eigenvalue weighted by Crippen LogP contribution is 2.15. The molecule has 0 aliphatic heterocycles. The molecule has 0 unspecified atom stereocenters. The van der Waals surface area contributed by atoms with Gasteiger partial charge < -0.3 is 5.11 Å². The zero-order valence-electron chi connectivity index (χ0n) is 7.13. The Morgan fingerprint density at radius 3 is 2.70 bits per heavy atom. The van der Waals surface area contributed by atoms with E-state index in [9.17, 15) is 5.11 Å². The molecule has 0 amide bonds. The van der Waals surface area contributed by atoms with Crippen molar-refractivity contribution in [1.82, 2.24) is 4.98 Å². The van der Waals surface area contributed by atoms with Gasteiger partial charge in [-0.05, 0) is 26.0 Å². The van der Waals surface area contributed by atoms with Gasteiger partial charge in [-0.15, -0.1) is 0 Å². The first kappa shape index (κ1) is 5.86. The van der Waals surface area contributed by atoms with E-state index in [1.54, 1.807) is 32.0 Å². The van der Waals surface area contributed by atoms with Gasteiger partial charge in [-0.1, -0.05) is 6.07 Å². The first-order chi connectivity index (χ1) is 5.00. The number of aliphatic hydroxyl groups is 1. The van der Waals surface area contributed by atoms with Crippen LogP contribution < -0.4 is 0 Å². The van der Waals surface area contributed by atoms with E-state index in [1.807, 2.05) is 0 Å². The third-order valence-corrected chi connectivity index (χ3v) is 1.24. The Morgan fingerprint density at radius 1 is 1.60 bits per heavy atom. The van der Waals surface area contributed by atoms with E-state index in [-0.39, 0.29) is 6.17 Å².